The van der Waals surface area contributed by atoms with Crippen LogP contribution < -0.4 is 5.32 Å². The van der Waals surface area contributed by atoms with E-state index in [-0.39, 0.29) is 11.7 Å². The maximum Gasteiger partial charge on any atom is 0.238 e. The molecule has 1 aromatic rings. The fourth-order valence-electron chi connectivity index (χ4n) is 1.94. The van der Waals surface area contributed by atoms with E-state index in [4.69, 9.17) is 0 Å². The molecule has 1 atom stereocenters. The van der Waals surface area contributed by atoms with Crippen molar-refractivity contribution in [2.45, 2.75) is 19.4 Å². The Kier molecular flexibility index (Phi) is 4.04. The van der Waals surface area contributed by atoms with Gasteiger partial charge in [-0.3, -0.25) is 4.79 Å². The average Bonchev–Trinajstić information content (AvgIpc) is 2.83. The zero-order chi connectivity index (χ0) is 13.2. The van der Waals surface area contributed by atoms with E-state index in [0.29, 0.717) is 19.5 Å². The Bertz CT molecular complexity index is 510. The van der Waals surface area contributed by atoms with Gasteiger partial charge in [-0.2, -0.15) is 4.31 Å². The number of carbonyl (C=O) groups is 1. The normalized spacial score (nSPS) is 21.8. The van der Waals surface area contributed by atoms with Gasteiger partial charge in [0.25, 0.3) is 0 Å². The molecule has 1 saturated heterocycles. The van der Waals surface area contributed by atoms with Crippen LogP contribution in [0.25, 0.3) is 0 Å². The molecule has 0 bridgehead atoms. The van der Waals surface area contributed by atoms with E-state index in [1.54, 1.807) is 18.3 Å². The molecule has 7 heteroatoms. The topological polar surface area (TPSA) is 66.5 Å². The van der Waals surface area contributed by atoms with Gasteiger partial charge in [0.05, 0.1) is 5.75 Å². The number of hydrogen-bond acceptors (Lipinski definition) is 4. The molecular formula is C11H16N2O3S2. The molecule has 1 aliphatic rings. The smallest absolute Gasteiger partial charge is 0.238 e. The van der Waals surface area contributed by atoms with Crippen LogP contribution in [0.3, 0.4) is 0 Å². The number of carbonyl (C=O) groups excluding carboxylic acids is 1. The Hall–Kier alpha value is -0.920. The largest absolute Gasteiger partial charge is 0.353 e. The van der Waals surface area contributed by atoms with Gasteiger partial charge < -0.3 is 5.32 Å². The van der Waals surface area contributed by atoms with Crippen molar-refractivity contribution in [3.05, 3.63) is 22.4 Å². The number of thiophene rings is 1. The second-order valence-corrected chi connectivity index (χ2v) is 7.30. The molecule has 0 aromatic carbocycles. The molecule has 18 heavy (non-hydrogen) atoms. The number of hydrogen-bond donors (Lipinski definition) is 1. The molecule has 1 unspecified atom stereocenters. The Balaban J connectivity index is 2.03. The third-order valence-electron chi connectivity index (χ3n) is 2.99. The highest BCUT2D eigenvalue weighted by atomic mass is 32.2. The highest BCUT2D eigenvalue weighted by molar-refractivity contribution is 7.89. The van der Waals surface area contributed by atoms with Gasteiger partial charge in [0.15, 0.2) is 0 Å². The van der Waals surface area contributed by atoms with Crippen molar-refractivity contribution < 1.29 is 13.2 Å². The molecule has 2 heterocycles. The second-order valence-electron chi connectivity index (χ2n) is 4.22. The van der Waals surface area contributed by atoms with E-state index in [1.165, 1.54) is 4.31 Å². The van der Waals surface area contributed by atoms with Gasteiger partial charge in [0.2, 0.25) is 15.9 Å². The number of aryl methyl sites for hydroxylation is 1. The van der Waals surface area contributed by atoms with Crippen molar-refractivity contribution in [2.24, 2.45) is 0 Å². The van der Waals surface area contributed by atoms with Gasteiger partial charge in [-0.1, -0.05) is 6.07 Å². The monoisotopic (exact) mass is 288 g/mol. The van der Waals surface area contributed by atoms with Crippen LogP contribution in [0.5, 0.6) is 0 Å². The van der Waals surface area contributed by atoms with E-state index >= 15 is 0 Å². The van der Waals surface area contributed by atoms with Gasteiger partial charge in [-0.15, -0.1) is 11.3 Å². The van der Waals surface area contributed by atoms with Crippen molar-refractivity contribution in [2.75, 3.05) is 18.8 Å². The zero-order valence-electron chi connectivity index (χ0n) is 10.1. The van der Waals surface area contributed by atoms with Crippen LogP contribution in [0.4, 0.5) is 0 Å². The quantitative estimate of drug-likeness (QED) is 0.874. The Morgan fingerprint density at radius 2 is 2.33 bits per heavy atom. The van der Waals surface area contributed by atoms with Gasteiger partial charge in [-0.25, -0.2) is 8.42 Å². The molecule has 0 aliphatic carbocycles. The van der Waals surface area contributed by atoms with E-state index in [2.05, 4.69) is 5.32 Å². The summed E-state index contributed by atoms with van der Waals surface area (Å²) in [4.78, 5) is 12.5. The summed E-state index contributed by atoms with van der Waals surface area (Å²) < 4.78 is 25.7. The molecule has 1 aliphatic heterocycles. The summed E-state index contributed by atoms with van der Waals surface area (Å²) in [6, 6.07) is 3.22. The molecule has 0 radical (unpaired) electrons. The van der Waals surface area contributed by atoms with E-state index in [1.807, 2.05) is 17.5 Å². The summed E-state index contributed by atoms with van der Waals surface area (Å²) in [5.41, 5.74) is 0. The Morgan fingerprint density at radius 3 is 3.00 bits per heavy atom. The predicted octanol–water partition coefficient (Wildman–Crippen LogP) is 0.441. The minimum Gasteiger partial charge on any atom is -0.353 e. The fourth-order valence-corrected chi connectivity index (χ4v) is 4.44. The molecule has 100 valence electrons. The molecular weight excluding hydrogens is 272 g/mol. The first kappa shape index (κ1) is 13.5. The number of rotatable bonds is 4. The van der Waals surface area contributed by atoms with Crippen molar-refractivity contribution in [3.63, 3.8) is 0 Å². The molecule has 1 fully saturated rings. The van der Waals surface area contributed by atoms with Crippen molar-refractivity contribution >= 4 is 27.3 Å². The molecule has 5 nitrogen and oxygen atoms in total. The summed E-state index contributed by atoms with van der Waals surface area (Å²) >= 11 is 1.55. The summed E-state index contributed by atoms with van der Waals surface area (Å²) in [6.07, 6.45) is 0.505. The highest BCUT2D eigenvalue weighted by Gasteiger charge is 2.33. The lowest BCUT2D eigenvalue weighted by Gasteiger charge is -2.31. The third kappa shape index (κ3) is 2.90. The number of piperazine rings is 1. The lowest BCUT2D eigenvalue weighted by molar-refractivity contribution is -0.126. The van der Waals surface area contributed by atoms with E-state index in [0.717, 1.165) is 4.88 Å². The summed E-state index contributed by atoms with van der Waals surface area (Å²) in [5.74, 6) is -0.161. The lowest BCUT2D eigenvalue weighted by Crippen LogP contribution is -2.56. The van der Waals surface area contributed by atoms with Crippen molar-refractivity contribution in [3.8, 4) is 0 Å². The summed E-state index contributed by atoms with van der Waals surface area (Å²) in [7, 11) is -3.36. The number of nitrogens with one attached hydrogen (secondary N) is 1. The maximum atomic E-state index is 12.2. The first-order valence-electron chi connectivity index (χ1n) is 5.80. The van der Waals surface area contributed by atoms with Gasteiger partial charge in [-0.05, 0) is 24.8 Å². The minimum atomic E-state index is -3.36. The van der Waals surface area contributed by atoms with Gasteiger partial charge in [0, 0.05) is 18.0 Å². The maximum absolute atomic E-state index is 12.2. The van der Waals surface area contributed by atoms with Crippen LogP contribution in [0.1, 0.15) is 11.8 Å². The van der Waals surface area contributed by atoms with E-state index < -0.39 is 16.1 Å². The second kappa shape index (κ2) is 5.38. The van der Waals surface area contributed by atoms with Crippen molar-refractivity contribution in [1.29, 1.82) is 0 Å². The van der Waals surface area contributed by atoms with Crippen LogP contribution in [0.15, 0.2) is 17.5 Å². The molecule has 1 aromatic heterocycles. The molecule has 0 spiro atoms. The zero-order valence-corrected chi connectivity index (χ0v) is 11.8. The Morgan fingerprint density at radius 1 is 1.56 bits per heavy atom. The number of sulfonamides is 1. The highest BCUT2D eigenvalue weighted by Crippen LogP contribution is 2.15. The molecule has 1 amide bonds. The number of amides is 1. The summed E-state index contributed by atoms with van der Waals surface area (Å²) in [6.45, 7) is 2.37. The molecule has 2 rings (SSSR count). The number of nitrogens with zero attached hydrogens (tertiary/aromatic N) is 1. The first-order valence-corrected chi connectivity index (χ1v) is 8.29. The predicted molar refractivity (Wildman–Crippen MR) is 71.0 cm³/mol. The summed E-state index contributed by atoms with van der Waals surface area (Å²) in [5, 5.41) is 4.59. The Labute approximate surface area is 111 Å². The molecule has 0 saturated carbocycles. The van der Waals surface area contributed by atoms with Gasteiger partial charge >= 0.3 is 0 Å². The van der Waals surface area contributed by atoms with Crippen LogP contribution in [0, 0.1) is 0 Å². The van der Waals surface area contributed by atoms with Gasteiger partial charge in [0.1, 0.15) is 6.04 Å². The van der Waals surface area contributed by atoms with Crippen LogP contribution in [-0.2, 0) is 21.2 Å². The first-order chi connectivity index (χ1) is 8.50. The van der Waals surface area contributed by atoms with E-state index in [9.17, 15) is 13.2 Å². The lowest BCUT2D eigenvalue weighted by atomic mass is 10.2. The standard InChI is InChI=1S/C11H16N2O3S2/c1-9-11(14)12-5-6-13(9)18(15,16)8-4-10-3-2-7-17-10/h2-3,7,9H,4-6,8H2,1H3,(H,12,14). The fraction of sp³-hybridized carbons (Fsp3) is 0.545. The van der Waals surface area contributed by atoms with Crippen molar-refractivity contribution in [1.82, 2.24) is 9.62 Å². The van der Waals surface area contributed by atoms with Crippen LogP contribution >= 0.6 is 11.3 Å². The SMILES string of the molecule is CC1C(=O)NCCN1S(=O)(=O)CCc1cccs1. The minimum absolute atomic E-state index is 0.0606. The average molecular weight is 288 g/mol. The molecule has 1 N–H and O–H groups in total. The third-order valence-corrected chi connectivity index (χ3v) is 5.86. The van der Waals surface area contributed by atoms with Crippen LogP contribution in [-0.4, -0.2) is 43.5 Å². The van der Waals surface area contributed by atoms with Crippen LogP contribution in [0.2, 0.25) is 0 Å².